The molecule has 0 unspecified atom stereocenters. The number of hydrogen-bond donors (Lipinski definition) is 1. The number of halogens is 1. The highest BCUT2D eigenvalue weighted by Crippen LogP contribution is 2.23. The number of pyridine rings is 1. The molecule has 0 amide bonds. The first-order valence-corrected chi connectivity index (χ1v) is 6.37. The topological polar surface area (TPSA) is 34.2 Å². The van der Waals surface area contributed by atoms with Crippen LogP contribution in [-0.4, -0.2) is 11.5 Å². The lowest BCUT2D eigenvalue weighted by molar-refractivity contribution is 0.448. The van der Waals surface area contributed by atoms with Crippen molar-refractivity contribution in [3.8, 4) is 11.6 Å². The molecular weight excluding hydrogens is 243 g/mol. The van der Waals surface area contributed by atoms with Gasteiger partial charge in [-0.25, -0.2) is 9.37 Å². The molecule has 3 nitrogen and oxygen atoms in total. The highest BCUT2D eigenvalue weighted by molar-refractivity contribution is 5.32. The smallest absolute Gasteiger partial charge is 0.223 e. The summed E-state index contributed by atoms with van der Waals surface area (Å²) in [5, 5.41) is 3.29. The maximum absolute atomic E-state index is 13.1. The van der Waals surface area contributed by atoms with Crippen LogP contribution in [0.4, 0.5) is 4.39 Å². The lowest BCUT2D eigenvalue weighted by atomic mass is 10.2. The summed E-state index contributed by atoms with van der Waals surface area (Å²) in [6.45, 7) is 3.74. The molecule has 100 valence electrons. The summed E-state index contributed by atoms with van der Waals surface area (Å²) in [5.74, 6) is 0.645. The van der Waals surface area contributed by atoms with E-state index in [1.807, 2.05) is 12.1 Å². The van der Waals surface area contributed by atoms with E-state index in [2.05, 4.69) is 17.2 Å². The van der Waals surface area contributed by atoms with Crippen LogP contribution >= 0.6 is 0 Å². The highest BCUT2D eigenvalue weighted by Gasteiger charge is 2.06. The Labute approximate surface area is 112 Å². The van der Waals surface area contributed by atoms with Crippen LogP contribution in [0.3, 0.4) is 0 Å². The van der Waals surface area contributed by atoms with Gasteiger partial charge in [0, 0.05) is 24.4 Å². The van der Waals surface area contributed by atoms with Crippen molar-refractivity contribution in [3.05, 3.63) is 54.0 Å². The maximum Gasteiger partial charge on any atom is 0.223 e. The van der Waals surface area contributed by atoms with Gasteiger partial charge in [-0.15, -0.1) is 0 Å². The third-order valence-corrected chi connectivity index (χ3v) is 2.60. The predicted octanol–water partition coefficient (Wildman–Crippen LogP) is 3.51. The molecule has 2 rings (SSSR count). The Bertz CT molecular complexity index is 531. The van der Waals surface area contributed by atoms with Gasteiger partial charge in [-0.2, -0.15) is 0 Å². The molecule has 0 spiro atoms. The number of aromatic nitrogens is 1. The Balaban J connectivity index is 2.11. The lowest BCUT2D eigenvalue weighted by Crippen LogP contribution is -2.14. The molecule has 1 aromatic heterocycles. The van der Waals surface area contributed by atoms with Gasteiger partial charge in [0.05, 0.1) is 0 Å². The summed E-state index contributed by atoms with van der Waals surface area (Å²) in [6.07, 6.45) is 2.73. The number of rotatable bonds is 6. The summed E-state index contributed by atoms with van der Waals surface area (Å²) < 4.78 is 18.7. The average Bonchev–Trinajstić information content (AvgIpc) is 2.41. The second-order valence-corrected chi connectivity index (χ2v) is 4.20. The molecule has 2 aromatic rings. The molecule has 0 radical (unpaired) electrons. The van der Waals surface area contributed by atoms with E-state index in [4.69, 9.17) is 4.74 Å². The predicted molar refractivity (Wildman–Crippen MR) is 72.7 cm³/mol. The maximum atomic E-state index is 13.1. The first-order chi connectivity index (χ1) is 9.29. The molecule has 0 saturated heterocycles. The SMILES string of the molecule is CCCNCc1cccnc1Oc1cccc(F)c1. The van der Waals surface area contributed by atoms with Crippen LogP contribution in [0.25, 0.3) is 0 Å². The van der Waals surface area contributed by atoms with E-state index in [0.29, 0.717) is 18.2 Å². The Morgan fingerprint density at radius 2 is 2.16 bits per heavy atom. The molecule has 1 aromatic carbocycles. The minimum absolute atomic E-state index is 0.320. The molecule has 0 aliphatic carbocycles. The van der Waals surface area contributed by atoms with Crippen molar-refractivity contribution in [1.29, 1.82) is 0 Å². The van der Waals surface area contributed by atoms with Crippen molar-refractivity contribution in [2.45, 2.75) is 19.9 Å². The average molecular weight is 260 g/mol. The molecule has 0 aliphatic rings. The molecule has 0 fully saturated rings. The first-order valence-electron chi connectivity index (χ1n) is 6.37. The fourth-order valence-corrected chi connectivity index (χ4v) is 1.69. The van der Waals surface area contributed by atoms with E-state index in [1.54, 1.807) is 18.3 Å². The summed E-state index contributed by atoms with van der Waals surface area (Å²) in [5.41, 5.74) is 0.959. The molecule has 4 heteroatoms. The monoisotopic (exact) mass is 260 g/mol. The molecule has 0 aliphatic heterocycles. The van der Waals surface area contributed by atoms with Crippen molar-refractivity contribution < 1.29 is 9.13 Å². The van der Waals surface area contributed by atoms with Gasteiger partial charge in [0.2, 0.25) is 5.88 Å². The zero-order chi connectivity index (χ0) is 13.5. The second kappa shape index (κ2) is 6.85. The number of hydrogen-bond acceptors (Lipinski definition) is 3. The van der Waals surface area contributed by atoms with Crippen molar-refractivity contribution in [2.75, 3.05) is 6.54 Å². The summed E-state index contributed by atoms with van der Waals surface area (Å²) in [4.78, 5) is 4.20. The largest absolute Gasteiger partial charge is 0.439 e. The van der Waals surface area contributed by atoms with E-state index < -0.39 is 0 Å². The Morgan fingerprint density at radius 1 is 1.26 bits per heavy atom. The minimum atomic E-state index is -0.320. The molecular formula is C15H17FN2O. The highest BCUT2D eigenvalue weighted by atomic mass is 19.1. The van der Waals surface area contributed by atoms with Gasteiger partial charge in [0.1, 0.15) is 11.6 Å². The van der Waals surface area contributed by atoms with Crippen molar-refractivity contribution in [2.24, 2.45) is 0 Å². The van der Waals surface area contributed by atoms with Crippen molar-refractivity contribution in [1.82, 2.24) is 10.3 Å². The molecule has 1 heterocycles. The summed E-state index contributed by atoms with van der Waals surface area (Å²) in [6, 6.07) is 9.86. The minimum Gasteiger partial charge on any atom is -0.439 e. The van der Waals surface area contributed by atoms with Gasteiger partial charge in [0.15, 0.2) is 0 Å². The van der Waals surface area contributed by atoms with Gasteiger partial charge < -0.3 is 10.1 Å². The van der Waals surface area contributed by atoms with Crippen molar-refractivity contribution in [3.63, 3.8) is 0 Å². The number of nitrogens with one attached hydrogen (secondary N) is 1. The fraction of sp³-hybridized carbons (Fsp3) is 0.267. The summed E-state index contributed by atoms with van der Waals surface area (Å²) >= 11 is 0. The zero-order valence-corrected chi connectivity index (χ0v) is 10.9. The van der Waals surface area contributed by atoms with Crippen LogP contribution < -0.4 is 10.1 Å². The molecule has 1 N–H and O–H groups in total. The Morgan fingerprint density at radius 3 is 2.95 bits per heavy atom. The Hall–Kier alpha value is -1.94. The lowest BCUT2D eigenvalue weighted by Gasteiger charge is -2.10. The first kappa shape index (κ1) is 13.5. The van der Waals surface area contributed by atoms with E-state index in [9.17, 15) is 4.39 Å². The van der Waals surface area contributed by atoms with Crippen LogP contribution in [0, 0.1) is 5.82 Å². The van der Waals surface area contributed by atoms with Crippen molar-refractivity contribution >= 4 is 0 Å². The van der Waals surface area contributed by atoms with Gasteiger partial charge >= 0.3 is 0 Å². The van der Waals surface area contributed by atoms with Gasteiger partial charge in [0.25, 0.3) is 0 Å². The number of nitrogens with zero attached hydrogens (tertiary/aromatic N) is 1. The van der Waals surface area contributed by atoms with Gasteiger partial charge in [-0.3, -0.25) is 0 Å². The molecule has 0 atom stereocenters. The van der Waals surface area contributed by atoms with Gasteiger partial charge in [-0.05, 0) is 31.2 Å². The van der Waals surface area contributed by atoms with Crippen LogP contribution in [0.2, 0.25) is 0 Å². The van der Waals surface area contributed by atoms with Crippen LogP contribution in [0.1, 0.15) is 18.9 Å². The normalized spacial score (nSPS) is 10.4. The van der Waals surface area contributed by atoms with E-state index in [1.165, 1.54) is 12.1 Å². The molecule has 0 bridgehead atoms. The van der Waals surface area contributed by atoms with Crippen LogP contribution in [0.15, 0.2) is 42.6 Å². The third-order valence-electron chi connectivity index (χ3n) is 2.60. The van der Waals surface area contributed by atoms with Gasteiger partial charge in [-0.1, -0.05) is 19.1 Å². The quantitative estimate of drug-likeness (QED) is 0.807. The van der Waals surface area contributed by atoms with E-state index in [-0.39, 0.29) is 5.82 Å². The third kappa shape index (κ3) is 4.03. The van der Waals surface area contributed by atoms with Crippen LogP contribution in [-0.2, 0) is 6.54 Å². The van der Waals surface area contributed by atoms with E-state index >= 15 is 0 Å². The number of ether oxygens (including phenoxy) is 1. The molecule has 0 saturated carbocycles. The Kier molecular flexibility index (Phi) is 4.86. The second-order valence-electron chi connectivity index (χ2n) is 4.20. The molecule has 19 heavy (non-hydrogen) atoms. The zero-order valence-electron chi connectivity index (χ0n) is 10.9. The van der Waals surface area contributed by atoms with E-state index in [0.717, 1.165) is 18.5 Å². The number of benzene rings is 1. The standard InChI is InChI=1S/C15H17FN2O/c1-2-8-17-11-12-5-4-9-18-15(12)19-14-7-3-6-13(16)10-14/h3-7,9-10,17H,2,8,11H2,1H3. The van der Waals surface area contributed by atoms with Crippen LogP contribution in [0.5, 0.6) is 11.6 Å². The summed E-state index contributed by atoms with van der Waals surface area (Å²) in [7, 11) is 0. The fourth-order valence-electron chi connectivity index (χ4n) is 1.69.